The molecule has 2 N–H and O–H groups in total. The number of piperazine rings is 1. The summed E-state index contributed by atoms with van der Waals surface area (Å²) < 4.78 is 8.40. The van der Waals surface area contributed by atoms with Gasteiger partial charge >= 0.3 is 0 Å². The van der Waals surface area contributed by atoms with Crippen LogP contribution in [0.5, 0.6) is 0 Å². The molecule has 0 aromatic heterocycles. The number of nitrogens with one attached hydrogen (secondary N) is 2. The molecule has 0 unspecified atom stereocenters. The standard InChI is InChI=1S/C13H17N5OS/c1-9-7-18(6-5-14-9)8-12(19)15-10-3-2-4-11-13(10)17-20-16-11/h2-4,9,14H,5-8H2,1H3,(H,15,19)/t9-/m1/s1. The Hall–Kier alpha value is -1.57. The lowest BCUT2D eigenvalue weighted by molar-refractivity contribution is -0.117. The third-order valence-corrected chi connectivity index (χ3v) is 3.92. The highest BCUT2D eigenvalue weighted by Gasteiger charge is 2.19. The van der Waals surface area contributed by atoms with E-state index < -0.39 is 0 Å². The molecule has 1 saturated heterocycles. The number of rotatable bonds is 3. The van der Waals surface area contributed by atoms with Crippen molar-refractivity contribution in [1.29, 1.82) is 0 Å². The van der Waals surface area contributed by atoms with Crippen molar-refractivity contribution < 1.29 is 4.79 Å². The number of hydrogen-bond acceptors (Lipinski definition) is 5. The average molecular weight is 291 g/mol. The summed E-state index contributed by atoms with van der Waals surface area (Å²) in [6, 6.07) is 6.07. The minimum absolute atomic E-state index is 0.000370. The van der Waals surface area contributed by atoms with Gasteiger partial charge in [0.25, 0.3) is 0 Å². The summed E-state index contributed by atoms with van der Waals surface area (Å²) in [4.78, 5) is 14.3. The lowest BCUT2D eigenvalue weighted by Gasteiger charge is -2.31. The minimum Gasteiger partial charge on any atom is -0.323 e. The molecular formula is C13H17N5OS. The summed E-state index contributed by atoms with van der Waals surface area (Å²) in [5.74, 6) is -0.000370. The molecule has 0 saturated carbocycles. The van der Waals surface area contributed by atoms with Crippen molar-refractivity contribution in [2.45, 2.75) is 13.0 Å². The molecule has 0 radical (unpaired) electrons. The molecule has 2 aliphatic heterocycles. The van der Waals surface area contributed by atoms with E-state index in [1.54, 1.807) is 0 Å². The van der Waals surface area contributed by atoms with E-state index in [1.165, 1.54) is 0 Å². The second-order valence-electron chi connectivity index (χ2n) is 5.08. The molecule has 7 heteroatoms. The molecule has 106 valence electrons. The van der Waals surface area contributed by atoms with Crippen LogP contribution in [-0.2, 0) is 16.1 Å². The first-order valence-corrected chi connectivity index (χ1v) is 7.42. The van der Waals surface area contributed by atoms with Crippen LogP contribution in [0.3, 0.4) is 0 Å². The van der Waals surface area contributed by atoms with E-state index in [1.807, 2.05) is 18.2 Å². The van der Waals surface area contributed by atoms with Gasteiger partial charge in [-0.2, -0.15) is 8.73 Å². The minimum atomic E-state index is -0.000370. The van der Waals surface area contributed by atoms with Gasteiger partial charge < -0.3 is 10.6 Å². The maximum atomic E-state index is 12.1. The Bertz CT molecular complexity index is 596. The molecule has 1 amide bonds. The third-order valence-electron chi connectivity index (χ3n) is 3.38. The third kappa shape index (κ3) is 2.95. The van der Waals surface area contributed by atoms with Crippen molar-refractivity contribution in [3.05, 3.63) is 18.2 Å². The molecule has 1 fully saturated rings. The summed E-state index contributed by atoms with van der Waals surface area (Å²) in [5.41, 5.74) is 2.33. The van der Waals surface area contributed by atoms with Gasteiger partial charge in [0.1, 0.15) is 11.4 Å². The monoisotopic (exact) mass is 291 g/mol. The van der Waals surface area contributed by atoms with Crippen LogP contribution in [0.25, 0.3) is 0 Å². The van der Waals surface area contributed by atoms with Crippen LogP contribution < -0.4 is 10.6 Å². The first-order chi connectivity index (χ1) is 9.72. The van der Waals surface area contributed by atoms with Gasteiger partial charge in [0.05, 0.1) is 23.6 Å². The molecule has 1 aromatic carbocycles. The van der Waals surface area contributed by atoms with Crippen molar-refractivity contribution >= 4 is 34.3 Å². The zero-order chi connectivity index (χ0) is 13.9. The molecule has 1 aromatic rings. The second kappa shape index (κ2) is 5.82. The average Bonchev–Trinajstić information content (AvgIpc) is 2.88. The van der Waals surface area contributed by atoms with Crippen LogP contribution in [0, 0.1) is 0 Å². The summed E-state index contributed by atoms with van der Waals surface area (Å²) >= 11 is 1.16. The fraction of sp³-hybridized carbons (Fsp3) is 0.462. The Morgan fingerprint density at radius 2 is 2.45 bits per heavy atom. The van der Waals surface area contributed by atoms with E-state index >= 15 is 0 Å². The summed E-state index contributed by atoms with van der Waals surface area (Å²) in [5, 5.41) is 6.30. The normalized spacial score (nSPS) is 21.4. The number of benzene rings is 1. The van der Waals surface area contributed by atoms with Gasteiger partial charge in [-0.25, -0.2) is 0 Å². The predicted octanol–water partition coefficient (Wildman–Crippen LogP) is 1.65. The number of hydrogen-bond donors (Lipinski definition) is 2. The first kappa shape index (κ1) is 13.4. The smallest absolute Gasteiger partial charge is 0.238 e. The maximum Gasteiger partial charge on any atom is 0.238 e. The van der Waals surface area contributed by atoms with Crippen molar-refractivity contribution in [2.75, 3.05) is 31.5 Å². The number of carbonyl (C=O) groups is 1. The highest BCUT2D eigenvalue weighted by molar-refractivity contribution is 7.58. The molecule has 2 heterocycles. The first-order valence-electron chi connectivity index (χ1n) is 6.69. The highest BCUT2D eigenvalue weighted by atomic mass is 32.1. The number of nitrogens with zero attached hydrogens (tertiary/aromatic N) is 3. The van der Waals surface area contributed by atoms with E-state index in [0.717, 1.165) is 48.1 Å². The van der Waals surface area contributed by atoms with Crippen molar-refractivity contribution in [2.24, 2.45) is 8.73 Å². The molecule has 0 aliphatic carbocycles. The van der Waals surface area contributed by atoms with Crippen LogP contribution in [0.4, 0.5) is 17.1 Å². The predicted molar refractivity (Wildman–Crippen MR) is 80.5 cm³/mol. The van der Waals surface area contributed by atoms with Crippen LogP contribution in [0.15, 0.2) is 26.9 Å². The number of anilines is 1. The molecule has 6 nitrogen and oxygen atoms in total. The van der Waals surface area contributed by atoms with Crippen LogP contribution in [0.2, 0.25) is 0 Å². The zero-order valence-electron chi connectivity index (χ0n) is 11.3. The topological polar surface area (TPSA) is 69.1 Å². The van der Waals surface area contributed by atoms with Crippen LogP contribution in [0.1, 0.15) is 6.92 Å². The highest BCUT2D eigenvalue weighted by Crippen LogP contribution is 2.38. The van der Waals surface area contributed by atoms with E-state index in [0.29, 0.717) is 12.6 Å². The van der Waals surface area contributed by atoms with Crippen molar-refractivity contribution in [1.82, 2.24) is 10.2 Å². The lowest BCUT2D eigenvalue weighted by Crippen LogP contribution is -2.51. The van der Waals surface area contributed by atoms with Gasteiger partial charge in [0, 0.05) is 25.7 Å². The lowest BCUT2D eigenvalue weighted by atomic mass is 10.2. The van der Waals surface area contributed by atoms with Gasteiger partial charge in [-0.15, -0.1) is 0 Å². The number of fused-ring (bicyclic) bond motifs is 1. The van der Waals surface area contributed by atoms with E-state index in [9.17, 15) is 4.79 Å². The van der Waals surface area contributed by atoms with E-state index in [2.05, 4.69) is 31.2 Å². The van der Waals surface area contributed by atoms with Gasteiger partial charge in [-0.3, -0.25) is 9.69 Å². The SMILES string of the molecule is C[C@@H]1CN(CC(=O)Nc2cccc3c2N=S=N3)CCN1. The summed E-state index contributed by atoms with van der Waals surface area (Å²) in [7, 11) is 0. The van der Waals surface area contributed by atoms with E-state index in [-0.39, 0.29) is 5.91 Å². The summed E-state index contributed by atoms with van der Waals surface area (Å²) in [6.45, 7) is 5.28. The van der Waals surface area contributed by atoms with Gasteiger partial charge in [-0.1, -0.05) is 6.07 Å². The van der Waals surface area contributed by atoms with E-state index in [4.69, 9.17) is 0 Å². The number of carbonyl (C=O) groups excluding carboxylic acids is 1. The van der Waals surface area contributed by atoms with Gasteiger partial charge in [0.15, 0.2) is 0 Å². The fourth-order valence-corrected chi connectivity index (χ4v) is 3.01. The van der Waals surface area contributed by atoms with Gasteiger partial charge in [-0.05, 0) is 19.1 Å². The largest absolute Gasteiger partial charge is 0.323 e. The Morgan fingerprint density at radius 3 is 3.30 bits per heavy atom. The Kier molecular flexibility index (Phi) is 3.90. The van der Waals surface area contributed by atoms with Crippen molar-refractivity contribution in [3.8, 4) is 0 Å². The fourth-order valence-electron chi connectivity index (χ4n) is 2.46. The Morgan fingerprint density at radius 1 is 1.55 bits per heavy atom. The Balaban J connectivity index is 1.62. The van der Waals surface area contributed by atoms with Crippen LogP contribution >= 0.6 is 0 Å². The maximum absolute atomic E-state index is 12.1. The number of amides is 1. The molecule has 0 bridgehead atoms. The molecule has 20 heavy (non-hydrogen) atoms. The molecular weight excluding hydrogens is 274 g/mol. The van der Waals surface area contributed by atoms with Crippen molar-refractivity contribution in [3.63, 3.8) is 0 Å². The molecule has 2 aliphatic rings. The summed E-state index contributed by atoms with van der Waals surface area (Å²) in [6.07, 6.45) is 0. The molecule has 3 rings (SSSR count). The Labute approximate surface area is 121 Å². The molecule has 0 spiro atoms. The van der Waals surface area contributed by atoms with Crippen LogP contribution in [-0.4, -0.2) is 43.0 Å². The van der Waals surface area contributed by atoms with Gasteiger partial charge in [0.2, 0.25) is 5.91 Å². The second-order valence-corrected chi connectivity index (χ2v) is 5.60. The molecule has 1 atom stereocenters. The quantitative estimate of drug-likeness (QED) is 0.903. The zero-order valence-corrected chi connectivity index (χ0v) is 12.1.